The highest BCUT2D eigenvalue weighted by Crippen LogP contribution is 2.27. The second-order valence-electron chi connectivity index (χ2n) is 7.54. The van der Waals surface area contributed by atoms with E-state index in [1.807, 2.05) is 0 Å². The summed E-state index contributed by atoms with van der Waals surface area (Å²) in [6, 6.07) is 19.4. The fourth-order valence-corrected chi connectivity index (χ4v) is 3.69. The lowest BCUT2D eigenvalue weighted by molar-refractivity contribution is -0.122. The van der Waals surface area contributed by atoms with Crippen LogP contribution in [0.4, 0.5) is 20.6 Å². The SMILES string of the molecule is COc1ccc(CN(C(=O)Nc2ccc(F)cc2)C2CC(=O)N(c3ccccc3)C2=O)cc1. The Kier molecular flexibility index (Phi) is 6.35. The van der Waals surface area contributed by atoms with Crippen LogP contribution >= 0.6 is 0 Å². The Labute approximate surface area is 190 Å². The number of hydrogen-bond donors (Lipinski definition) is 1. The largest absolute Gasteiger partial charge is 0.497 e. The molecule has 0 bridgehead atoms. The summed E-state index contributed by atoms with van der Waals surface area (Å²) in [6.45, 7) is 0.0866. The van der Waals surface area contributed by atoms with E-state index in [4.69, 9.17) is 4.74 Å². The maximum atomic E-state index is 13.3. The number of imide groups is 1. The van der Waals surface area contributed by atoms with Gasteiger partial charge in [0.15, 0.2) is 0 Å². The summed E-state index contributed by atoms with van der Waals surface area (Å²) in [6.07, 6.45) is -0.138. The molecule has 3 aromatic carbocycles. The quantitative estimate of drug-likeness (QED) is 0.575. The standard InChI is InChI=1S/C25H22FN3O4/c1-33-21-13-7-17(8-14-21)16-28(25(32)27-19-11-9-18(26)10-12-19)22-15-23(30)29(24(22)31)20-5-3-2-4-6-20/h2-14,22H,15-16H2,1H3,(H,27,32). The zero-order chi connectivity index (χ0) is 23.4. The van der Waals surface area contributed by atoms with Crippen LogP contribution in [0, 0.1) is 5.82 Å². The first-order valence-electron chi connectivity index (χ1n) is 10.3. The van der Waals surface area contributed by atoms with E-state index in [1.54, 1.807) is 61.7 Å². The summed E-state index contributed by atoms with van der Waals surface area (Å²) < 4.78 is 18.4. The van der Waals surface area contributed by atoms with Crippen molar-refractivity contribution in [2.45, 2.75) is 19.0 Å². The minimum absolute atomic E-state index is 0.0866. The molecule has 33 heavy (non-hydrogen) atoms. The number of methoxy groups -OCH3 is 1. The van der Waals surface area contributed by atoms with Crippen LogP contribution in [0.15, 0.2) is 78.9 Å². The molecular weight excluding hydrogens is 425 g/mol. The molecule has 1 saturated heterocycles. The average molecular weight is 447 g/mol. The van der Waals surface area contributed by atoms with E-state index in [9.17, 15) is 18.8 Å². The van der Waals surface area contributed by atoms with Crippen molar-refractivity contribution in [2.75, 3.05) is 17.3 Å². The number of hydrogen-bond acceptors (Lipinski definition) is 4. The van der Waals surface area contributed by atoms with Crippen molar-refractivity contribution in [3.05, 3.63) is 90.2 Å². The molecule has 1 atom stereocenters. The van der Waals surface area contributed by atoms with E-state index >= 15 is 0 Å². The van der Waals surface area contributed by atoms with Gasteiger partial charge in [-0.15, -0.1) is 0 Å². The highest BCUT2D eigenvalue weighted by molar-refractivity contribution is 6.23. The molecule has 1 fully saturated rings. The smallest absolute Gasteiger partial charge is 0.322 e. The zero-order valence-corrected chi connectivity index (χ0v) is 17.9. The van der Waals surface area contributed by atoms with Crippen molar-refractivity contribution >= 4 is 29.2 Å². The van der Waals surface area contributed by atoms with Crippen LogP contribution < -0.4 is 15.0 Å². The lowest BCUT2D eigenvalue weighted by Gasteiger charge is -2.28. The van der Waals surface area contributed by atoms with E-state index in [-0.39, 0.29) is 18.9 Å². The first-order valence-corrected chi connectivity index (χ1v) is 10.3. The summed E-state index contributed by atoms with van der Waals surface area (Å²) >= 11 is 0. The molecule has 1 N–H and O–H groups in total. The summed E-state index contributed by atoms with van der Waals surface area (Å²) in [4.78, 5) is 41.7. The molecule has 1 unspecified atom stereocenters. The Morgan fingerprint density at radius 2 is 1.70 bits per heavy atom. The topological polar surface area (TPSA) is 79.0 Å². The third kappa shape index (κ3) is 4.85. The van der Waals surface area contributed by atoms with Gasteiger partial charge in [-0.25, -0.2) is 14.1 Å². The number of nitrogens with zero attached hydrogens (tertiary/aromatic N) is 2. The monoisotopic (exact) mass is 447 g/mol. The molecule has 1 aliphatic rings. The van der Waals surface area contributed by atoms with Crippen LogP contribution in [-0.2, 0) is 16.1 Å². The van der Waals surface area contributed by atoms with Crippen LogP contribution in [0.25, 0.3) is 0 Å². The Hall–Kier alpha value is -4.20. The molecule has 168 valence electrons. The highest BCUT2D eigenvalue weighted by atomic mass is 19.1. The van der Waals surface area contributed by atoms with Crippen LogP contribution in [0.5, 0.6) is 5.75 Å². The summed E-state index contributed by atoms with van der Waals surface area (Å²) in [5, 5.41) is 2.69. The molecule has 4 rings (SSSR count). The number of halogens is 1. The molecule has 7 nitrogen and oxygen atoms in total. The molecule has 0 spiro atoms. The van der Waals surface area contributed by atoms with E-state index in [0.29, 0.717) is 17.1 Å². The third-order valence-corrected chi connectivity index (χ3v) is 5.38. The maximum Gasteiger partial charge on any atom is 0.322 e. The number of rotatable bonds is 6. The Morgan fingerprint density at radius 1 is 1.03 bits per heavy atom. The first-order chi connectivity index (χ1) is 16.0. The molecule has 0 radical (unpaired) electrons. The molecule has 0 saturated carbocycles. The van der Waals surface area contributed by atoms with Crippen molar-refractivity contribution in [1.82, 2.24) is 4.90 Å². The Bertz CT molecular complexity index is 1150. The number of carbonyl (C=O) groups is 3. The molecule has 0 aromatic heterocycles. The zero-order valence-electron chi connectivity index (χ0n) is 17.9. The van der Waals surface area contributed by atoms with Gasteiger partial charge in [-0.3, -0.25) is 9.59 Å². The van der Waals surface area contributed by atoms with Crippen molar-refractivity contribution in [3.63, 3.8) is 0 Å². The summed E-state index contributed by atoms with van der Waals surface area (Å²) in [5.74, 6) is -0.638. The Balaban J connectivity index is 1.62. The van der Waals surface area contributed by atoms with Gasteiger partial charge in [-0.1, -0.05) is 30.3 Å². The number of anilines is 2. The van der Waals surface area contributed by atoms with Gasteiger partial charge in [0.1, 0.15) is 17.6 Å². The van der Waals surface area contributed by atoms with E-state index in [1.165, 1.54) is 29.2 Å². The number of benzene rings is 3. The molecule has 3 aromatic rings. The van der Waals surface area contributed by atoms with Gasteiger partial charge in [-0.2, -0.15) is 0 Å². The fraction of sp³-hybridized carbons (Fsp3) is 0.160. The van der Waals surface area contributed by atoms with Crippen LogP contribution in [-0.4, -0.2) is 35.9 Å². The van der Waals surface area contributed by atoms with Gasteiger partial charge in [0.05, 0.1) is 19.2 Å². The number of urea groups is 1. The van der Waals surface area contributed by atoms with Crippen molar-refractivity contribution in [2.24, 2.45) is 0 Å². The summed E-state index contributed by atoms with van der Waals surface area (Å²) in [7, 11) is 1.55. The van der Waals surface area contributed by atoms with Crippen LogP contribution in [0.2, 0.25) is 0 Å². The van der Waals surface area contributed by atoms with E-state index in [2.05, 4.69) is 5.32 Å². The average Bonchev–Trinajstić information content (AvgIpc) is 3.13. The van der Waals surface area contributed by atoms with Crippen LogP contribution in [0.3, 0.4) is 0 Å². The molecule has 4 amide bonds. The normalized spacial score (nSPS) is 15.5. The number of para-hydroxylation sites is 1. The minimum Gasteiger partial charge on any atom is -0.497 e. The predicted molar refractivity (Wildman–Crippen MR) is 121 cm³/mol. The minimum atomic E-state index is -0.986. The van der Waals surface area contributed by atoms with E-state index in [0.717, 1.165) is 10.5 Å². The maximum absolute atomic E-state index is 13.3. The number of amides is 4. The lowest BCUT2D eigenvalue weighted by atomic mass is 10.1. The molecule has 1 heterocycles. The van der Waals surface area contributed by atoms with Gasteiger partial charge >= 0.3 is 6.03 Å². The predicted octanol–water partition coefficient (Wildman–Crippen LogP) is 4.20. The first kappa shape index (κ1) is 22.0. The number of carbonyl (C=O) groups excluding carboxylic acids is 3. The third-order valence-electron chi connectivity index (χ3n) is 5.38. The van der Waals surface area contributed by atoms with Crippen molar-refractivity contribution < 1.29 is 23.5 Å². The second-order valence-corrected chi connectivity index (χ2v) is 7.54. The molecule has 0 aliphatic carbocycles. The van der Waals surface area contributed by atoms with Gasteiger partial charge in [-0.05, 0) is 54.1 Å². The molecule has 8 heteroatoms. The lowest BCUT2D eigenvalue weighted by Crippen LogP contribution is -2.46. The fourth-order valence-electron chi connectivity index (χ4n) is 3.69. The van der Waals surface area contributed by atoms with Gasteiger partial charge < -0.3 is 15.0 Å². The van der Waals surface area contributed by atoms with Crippen molar-refractivity contribution in [1.29, 1.82) is 0 Å². The Morgan fingerprint density at radius 3 is 2.33 bits per heavy atom. The van der Waals surface area contributed by atoms with Crippen molar-refractivity contribution in [3.8, 4) is 5.75 Å². The van der Waals surface area contributed by atoms with Gasteiger partial charge in [0.25, 0.3) is 5.91 Å². The highest BCUT2D eigenvalue weighted by Gasteiger charge is 2.44. The summed E-state index contributed by atoms with van der Waals surface area (Å²) in [5.41, 5.74) is 1.58. The number of ether oxygens (including phenoxy) is 1. The second kappa shape index (κ2) is 9.52. The molecule has 1 aliphatic heterocycles. The molecular formula is C25H22FN3O4. The van der Waals surface area contributed by atoms with Gasteiger partial charge in [0.2, 0.25) is 5.91 Å². The van der Waals surface area contributed by atoms with Gasteiger partial charge in [0, 0.05) is 12.2 Å². The number of nitrogens with one attached hydrogen (secondary N) is 1. The van der Waals surface area contributed by atoms with Crippen LogP contribution in [0.1, 0.15) is 12.0 Å². The van der Waals surface area contributed by atoms with E-state index < -0.39 is 23.8 Å².